The van der Waals surface area contributed by atoms with E-state index in [1.54, 1.807) is 6.07 Å². The molecule has 0 aliphatic heterocycles. The molecule has 1 aromatic heterocycles. The molecule has 0 aliphatic carbocycles. The molecule has 0 spiro atoms. The summed E-state index contributed by atoms with van der Waals surface area (Å²) in [5.41, 5.74) is 11.5. The van der Waals surface area contributed by atoms with Crippen LogP contribution in [0.25, 0.3) is 0 Å². The van der Waals surface area contributed by atoms with E-state index in [1.165, 1.54) is 0 Å². The molecule has 0 aromatic carbocycles. The molecule has 4 heteroatoms. The van der Waals surface area contributed by atoms with Crippen molar-refractivity contribution in [2.45, 2.75) is 19.3 Å². The Hall–Kier alpha value is -1.03. The quantitative estimate of drug-likeness (QED) is 0.651. The van der Waals surface area contributed by atoms with Crippen molar-refractivity contribution in [1.82, 2.24) is 5.16 Å². The maximum Gasteiger partial charge on any atom is 0.222 e. The molecule has 0 saturated heterocycles. The van der Waals surface area contributed by atoms with Crippen LogP contribution in [0.5, 0.6) is 0 Å². The second kappa shape index (κ2) is 2.54. The van der Waals surface area contributed by atoms with Crippen molar-refractivity contribution in [2.75, 3.05) is 12.3 Å². The number of nitrogens with two attached hydrogens (primary N) is 2. The highest BCUT2D eigenvalue weighted by atomic mass is 16.5. The zero-order chi connectivity index (χ0) is 8.48. The van der Waals surface area contributed by atoms with Gasteiger partial charge in [0.1, 0.15) is 0 Å². The number of rotatable bonds is 2. The first-order valence-corrected chi connectivity index (χ1v) is 3.49. The van der Waals surface area contributed by atoms with Crippen LogP contribution in [0, 0.1) is 0 Å². The molecule has 0 bridgehead atoms. The number of nitrogen functional groups attached to an aromatic ring is 1. The number of anilines is 1. The average Bonchev–Trinajstić information content (AvgIpc) is 2.36. The van der Waals surface area contributed by atoms with Crippen molar-refractivity contribution in [3.05, 3.63) is 11.8 Å². The van der Waals surface area contributed by atoms with Crippen LogP contribution in [0.1, 0.15) is 19.5 Å². The maximum atomic E-state index is 5.53. The van der Waals surface area contributed by atoms with Gasteiger partial charge in [0.15, 0.2) is 0 Å². The number of hydrogen-bond donors (Lipinski definition) is 2. The summed E-state index contributed by atoms with van der Waals surface area (Å²) in [4.78, 5) is 0. The summed E-state index contributed by atoms with van der Waals surface area (Å²) in [5.74, 6) is 0.335. The molecule has 0 saturated carbocycles. The van der Waals surface area contributed by atoms with Gasteiger partial charge >= 0.3 is 0 Å². The highest BCUT2D eigenvalue weighted by molar-refractivity contribution is 5.28. The van der Waals surface area contributed by atoms with Gasteiger partial charge in [-0.2, -0.15) is 0 Å². The summed E-state index contributed by atoms with van der Waals surface area (Å²) >= 11 is 0. The Labute approximate surface area is 65.5 Å². The second-order valence-corrected chi connectivity index (χ2v) is 3.20. The standard InChI is InChI=1S/C7H13N3O/c1-7(2,4-8)5-3-6(9)11-10-5/h3H,4,8-9H2,1-2H3. The Morgan fingerprint density at radius 1 is 1.64 bits per heavy atom. The van der Waals surface area contributed by atoms with Crippen LogP contribution >= 0.6 is 0 Å². The van der Waals surface area contributed by atoms with Gasteiger partial charge in [0.05, 0.1) is 5.69 Å². The van der Waals surface area contributed by atoms with Gasteiger partial charge in [-0.05, 0) is 0 Å². The van der Waals surface area contributed by atoms with Gasteiger partial charge in [0, 0.05) is 18.0 Å². The number of nitrogens with zero attached hydrogens (tertiary/aromatic N) is 1. The normalized spacial score (nSPS) is 11.9. The molecule has 11 heavy (non-hydrogen) atoms. The monoisotopic (exact) mass is 155 g/mol. The summed E-state index contributed by atoms with van der Waals surface area (Å²) in [7, 11) is 0. The van der Waals surface area contributed by atoms with E-state index in [0.29, 0.717) is 12.4 Å². The molecule has 0 radical (unpaired) electrons. The Bertz CT molecular complexity index is 242. The van der Waals surface area contributed by atoms with Crippen LogP contribution in [-0.2, 0) is 5.41 Å². The Morgan fingerprint density at radius 2 is 2.27 bits per heavy atom. The van der Waals surface area contributed by atoms with Gasteiger partial charge in [-0.3, -0.25) is 0 Å². The largest absolute Gasteiger partial charge is 0.368 e. The third kappa shape index (κ3) is 1.51. The molecule has 1 heterocycles. The van der Waals surface area contributed by atoms with E-state index in [1.807, 2.05) is 13.8 Å². The van der Waals surface area contributed by atoms with Crippen LogP contribution in [-0.4, -0.2) is 11.7 Å². The molecule has 0 amide bonds. The van der Waals surface area contributed by atoms with E-state index in [2.05, 4.69) is 5.16 Å². The Kier molecular flexibility index (Phi) is 1.87. The molecule has 62 valence electrons. The number of aromatic nitrogens is 1. The predicted octanol–water partition coefficient (Wildman–Crippen LogP) is 0.493. The SMILES string of the molecule is CC(C)(CN)c1cc(N)on1. The molecule has 4 nitrogen and oxygen atoms in total. The highest BCUT2D eigenvalue weighted by Gasteiger charge is 2.22. The van der Waals surface area contributed by atoms with Crippen LogP contribution in [0.15, 0.2) is 10.6 Å². The van der Waals surface area contributed by atoms with Crippen molar-refractivity contribution in [2.24, 2.45) is 5.73 Å². The minimum atomic E-state index is -0.152. The first-order valence-electron chi connectivity index (χ1n) is 3.49. The van der Waals surface area contributed by atoms with Crippen LogP contribution < -0.4 is 11.5 Å². The minimum absolute atomic E-state index is 0.152. The summed E-state index contributed by atoms with van der Waals surface area (Å²) in [6.07, 6.45) is 0. The fraction of sp³-hybridized carbons (Fsp3) is 0.571. The average molecular weight is 155 g/mol. The van der Waals surface area contributed by atoms with Gasteiger partial charge in [0.25, 0.3) is 0 Å². The van der Waals surface area contributed by atoms with Gasteiger partial charge in [-0.25, -0.2) is 0 Å². The van der Waals surface area contributed by atoms with E-state index in [4.69, 9.17) is 16.0 Å². The third-order valence-electron chi connectivity index (χ3n) is 1.73. The molecule has 0 fully saturated rings. The van der Waals surface area contributed by atoms with E-state index < -0.39 is 0 Å². The van der Waals surface area contributed by atoms with E-state index >= 15 is 0 Å². The molecule has 1 rings (SSSR count). The lowest BCUT2D eigenvalue weighted by Gasteiger charge is -2.17. The van der Waals surface area contributed by atoms with Crippen molar-refractivity contribution in [1.29, 1.82) is 0 Å². The van der Waals surface area contributed by atoms with Crippen molar-refractivity contribution in [3.8, 4) is 0 Å². The fourth-order valence-electron chi connectivity index (χ4n) is 0.713. The molecule has 0 aliphatic rings. The molecular weight excluding hydrogens is 142 g/mol. The van der Waals surface area contributed by atoms with Crippen molar-refractivity contribution >= 4 is 5.88 Å². The van der Waals surface area contributed by atoms with Gasteiger partial charge in [-0.15, -0.1) is 0 Å². The lowest BCUT2D eigenvalue weighted by atomic mass is 9.90. The van der Waals surface area contributed by atoms with Crippen molar-refractivity contribution < 1.29 is 4.52 Å². The Morgan fingerprint density at radius 3 is 2.64 bits per heavy atom. The van der Waals surface area contributed by atoms with Gasteiger partial charge < -0.3 is 16.0 Å². The fourth-order valence-corrected chi connectivity index (χ4v) is 0.713. The lowest BCUT2D eigenvalue weighted by Crippen LogP contribution is -2.28. The summed E-state index contributed by atoms with van der Waals surface area (Å²) in [6, 6.07) is 1.70. The van der Waals surface area contributed by atoms with E-state index in [0.717, 1.165) is 5.69 Å². The first-order chi connectivity index (χ1) is 5.06. The molecule has 0 atom stereocenters. The van der Waals surface area contributed by atoms with E-state index in [9.17, 15) is 0 Å². The van der Waals surface area contributed by atoms with Gasteiger partial charge in [-0.1, -0.05) is 19.0 Å². The molecule has 1 aromatic rings. The first kappa shape index (κ1) is 8.07. The zero-order valence-corrected chi connectivity index (χ0v) is 6.79. The molecular formula is C7H13N3O. The molecule has 4 N–H and O–H groups in total. The maximum absolute atomic E-state index is 5.53. The third-order valence-corrected chi connectivity index (χ3v) is 1.73. The lowest BCUT2D eigenvalue weighted by molar-refractivity contribution is 0.399. The summed E-state index contributed by atoms with van der Waals surface area (Å²) in [6.45, 7) is 4.51. The van der Waals surface area contributed by atoms with Crippen LogP contribution in [0.3, 0.4) is 0 Å². The smallest absolute Gasteiger partial charge is 0.222 e. The topological polar surface area (TPSA) is 78.1 Å². The number of hydrogen-bond acceptors (Lipinski definition) is 4. The second-order valence-electron chi connectivity index (χ2n) is 3.20. The van der Waals surface area contributed by atoms with Crippen LogP contribution in [0.2, 0.25) is 0 Å². The highest BCUT2D eigenvalue weighted by Crippen LogP contribution is 2.21. The van der Waals surface area contributed by atoms with Gasteiger partial charge in [0.2, 0.25) is 5.88 Å². The van der Waals surface area contributed by atoms with E-state index in [-0.39, 0.29) is 5.41 Å². The minimum Gasteiger partial charge on any atom is -0.368 e. The molecule has 0 unspecified atom stereocenters. The van der Waals surface area contributed by atoms with Crippen LogP contribution in [0.4, 0.5) is 5.88 Å². The zero-order valence-electron chi connectivity index (χ0n) is 6.79. The summed E-state index contributed by atoms with van der Waals surface area (Å²) in [5, 5.41) is 3.78. The predicted molar refractivity (Wildman–Crippen MR) is 43.0 cm³/mol. The van der Waals surface area contributed by atoms with Crippen molar-refractivity contribution in [3.63, 3.8) is 0 Å². The Balaban J connectivity index is 2.92. The summed E-state index contributed by atoms with van der Waals surface area (Å²) < 4.78 is 4.72.